The van der Waals surface area contributed by atoms with Crippen LogP contribution in [0.15, 0.2) is 29.3 Å². The second-order valence-corrected chi connectivity index (χ2v) is 4.54. The average molecular weight is 365 g/mol. The third kappa shape index (κ3) is 4.44. The number of aliphatic imine (C=N–C) groups is 1. The number of rotatable bonds is 3. The van der Waals surface area contributed by atoms with Gasteiger partial charge in [-0.2, -0.15) is 0 Å². The van der Waals surface area contributed by atoms with Gasteiger partial charge in [-0.15, -0.1) is 24.0 Å². The maximum atomic E-state index is 13.7. The molecular formula is C13H21FIN3. The van der Waals surface area contributed by atoms with Crippen molar-refractivity contribution in [2.24, 2.45) is 4.99 Å². The van der Waals surface area contributed by atoms with Gasteiger partial charge >= 0.3 is 0 Å². The molecule has 1 rings (SSSR count). The summed E-state index contributed by atoms with van der Waals surface area (Å²) in [5.41, 5.74) is 0.414. The fourth-order valence-corrected chi connectivity index (χ4v) is 1.69. The van der Waals surface area contributed by atoms with Crippen LogP contribution in [0, 0.1) is 5.82 Å². The molecule has 0 bridgehead atoms. The molecule has 0 aliphatic carbocycles. The number of hydrogen-bond acceptors (Lipinski definition) is 1. The van der Waals surface area contributed by atoms with Crippen LogP contribution in [0.5, 0.6) is 0 Å². The Morgan fingerprint density at radius 2 is 1.94 bits per heavy atom. The maximum Gasteiger partial charge on any atom is 0.190 e. The summed E-state index contributed by atoms with van der Waals surface area (Å²) in [4.78, 5) is 4.03. The summed E-state index contributed by atoms with van der Waals surface area (Å²) < 4.78 is 13.7. The molecule has 1 aromatic carbocycles. The molecule has 2 N–H and O–H groups in total. The third-order valence-corrected chi connectivity index (χ3v) is 2.76. The lowest BCUT2D eigenvalue weighted by molar-refractivity contribution is 0.474. The highest BCUT2D eigenvalue weighted by Gasteiger charge is 2.23. The van der Waals surface area contributed by atoms with E-state index in [2.05, 4.69) is 15.6 Å². The van der Waals surface area contributed by atoms with Crippen molar-refractivity contribution < 1.29 is 4.39 Å². The molecule has 0 saturated carbocycles. The lowest BCUT2D eigenvalue weighted by Crippen LogP contribution is -2.42. The van der Waals surface area contributed by atoms with Crippen LogP contribution in [-0.4, -0.2) is 26.6 Å². The number of nitrogens with one attached hydrogen (secondary N) is 2. The first-order valence-electron chi connectivity index (χ1n) is 5.64. The first-order valence-corrected chi connectivity index (χ1v) is 5.64. The third-order valence-electron chi connectivity index (χ3n) is 2.76. The quantitative estimate of drug-likeness (QED) is 0.491. The zero-order valence-electron chi connectivity index (χ0n) is 11.2. The van der Waals surface area contributed by atoms with Gasteiger partial charge in [0.1, 0.15) is 5.82 Å². The summed E-state index contributed by atoms with van der Waals surface area (Å²) in [6, 6.07) is 6.87. The minimum Gasteiger partial charge on any atom is -0.359 e. The molecule has 0 heterocycles. The molecular weight excluding hydrogens is 344 g/mol. The number of hydrogen-bond donors (Lipinski definition) is 2. The van der Waals surface area contributed by atoms with Crippen LogP contribution in [0.3, 0.4) is 0 Å². The zero-order valence-corrected chi connectivity index (χ0v) is 13.6. The predicted molar refractivity (Wildman–Crippen MR) is 85.3 cm³/mol. The van der Waals surface area contributed by atoms with E-state index in [9.17, 15) is 4.39 Å². The van der Waals surface area contributed by atoms with Crippen molar-refractivity contribution in [3.63, 3.8) is 0 Å². The first kappa shape index (κ1) is 17.2. The van der Waals surface area contributed by atoms with E-state index >= 15 is 0 Å². The summed E-state index contributed by atoms with van der Waals surface area (Å²) in [6.45, 7) is 4.62. The Kier molecular flexibility index (Phi) is 7.20. The summed E-state index contributed by atoms with van der Waals surface area (Å²) in [7, 11) is 3.50. The van der Waals surface area contributed by atoms with Crippen LogP contribution in [0.4, 0.5) is 4.39 Å². The molecule has 0 atom stereocenters. The Morgan fingerprint density at radius 3 is 2.44 bits per heavy atom. The topological polar surface area (TPSA) is 36.4 Å². The van der Waals surface area contributed by atoms with Crippen molar-refractivity contribution in [2.75, 3.05) is 20.6 Å². The molecule has 0 spiro atoms. The van der Waals surface area contributed by atoms with E-state index in [4.69, 9.17) is 0 Å². The molecule has 0 aromatic heterocycles. The van der Waals surface area contributed by atoms with Crippen molar-refractivity contribution >= 4 is 29.9 Å². The lowest BCUT2D eigenvalue weighted by Gasteiger charge is -2.26. The van der Waals surface area contributed by atoms with E-state index in [0.717, 1.165) is 0 Å². The molecule has 5 heteroatoms. The predicted octanol–water partition coefficient (Wildman–Crippen LogP) is 2.52. The van der Waals surface area contributed by atoms with E-state index in [-0.39, 0.29) is 35.2 Å². The van der Waals surface area contributed by atoms with Crippen LogP contribution >= 0.6 is 24.0 Å². The average Bonchev–Trinajstić information content (AvgIpc) is 2.30. The molecule has 1 aromatic rings. The largest absolute Gasteiger partial charge is 0.359 e. The Morgan fingerprint density at radius 1 is 1.33 bits per heavy atom. The van der Waals surface area contributed by atoms with Gasteiger partial charge in [-0.05, 0) is 11.6 Å². The van der Waals surface area contributed by atoms with Gasteiger partial charge in [-0.1, -0.05) is 32.0 Å². The Bertz CT molecular complexity index is 405. The fourth-order valence-electron chi connectivity index (χ4n) is 1.69. The molecule has 0 saturated heterocycles. The minimum absolute atomic E-state index is 0. The highest BCUT2D eigenvalue weighted by molar-refractivity contribution is 14.0. The van der Waals surface area contributed by atoms with Crippen LogP contribution in [0.25, 0.3) is 0 Å². The van der Waals surface area contributed by atoms with Gasteiger partial charge in [0.05, 0.1) is 0 Å². The summed E-state index contributed by atoms with van der Waals surface area (Å²) in [6.07, 6.45) is 0. The number of guanidine groups is 1. The second kappa shape index (κ2) is 7.56. The van der Waals surface area contributed by atoms with Crippen molar-refractivity contribution in [3.05, 3.63) is 35.6 Å². The van der Waals surface area contributed by atoms with Gasteiger partial charge in [-0.3, -0.25) is 4.99 Å². The minimum atomic E-state index is -0.294. The normalized spacial score (nSPS) is 11.7. The van der Waals surface area contributed by atoms with Crippen LogP contribution in [-0.2, 0) is 5.41 Å². The van der Waals surface area contributed by atoms with Gasteiger partial charge in [0.2, 0.25) is 0 Å². The number of nitrogens with zero attached hydrogens (tertiary/aromatic N) is 1. The standard InChI is InChI=1S/C13H20FN3.HI/c1-13(2,9-17-12(15-3)16-4)10-7-5-6-8-11(10)14;/h5-8H,9H2,1-4H3,(H2,15,16,17);1H. The van der Waals surface area contributed by atoms with E-state index in [1.807, 2.05) is 26.0 Å². The van der Waals surface area contributed by atoms with Crippen LogP contribution in [0.2, 0.25) is 0 Å². The summed E-state index contributed by atoms with van der Waals surface area (Å²) >= 11 is 0. The molecule has 18 heavy (non-hydrogen) atoms. The van der Waals surface area contributed by atoms with Gasteiger partial charge in [-0.25, -0.2) is 4.39 Å². The number of halogens is 2. The van der Waals surface area contributed by atoms with E-state index in [0.29, 0.717) is 18.1 Å². The SMILES string of the molecule is CN=C(NC)NCC(C)(C)c1ccccc1F.I. The molecule has 0 aliphatic heterocycles. The molecule has 0 unspecified atom stereocenters. The lowest BCUT2D eigenvalue weighted by atomic mass is 9.84. The van der Waals surface area contributed by atoms with Crippen molar-refractivity contribution in [2.45, 2.75) is 19.3 Å². The van der Waals surface area contributed by atoms with Crippen molar-refractivity contribution in [1.29, 1.82) is 0 Å². The molecule has 3 nitrogen and oxygen atoms in total. The van der Waals surface area contributed by atoms with Crippen molar-refractivity contribution in [1.82, 2.24) is 10.6 Å². The molecule has 102 valence electrons. The smallest absolute Gasteiger partial charge is 0.190 e. The highest BCUT2D eigenvalue weighted by Crippen LogP contribution is 2.24. The molecule has 0 aliphatic rings. The van der Waals surface area contributed by atoms with Crippen LogP contribution in [0.1, 0.15) is 19.4 Å². The van der Waals surface area contributed by atoms with Gasteiger partial charge in [0, 0.05) is 26.1 Å². The highest BCUT2D eigenvalue weighted by atomic mass is 127. The van der Waals surface area contributed by atoms with E-state index in [1.165, 1.54) is 6.07 Å². The summed E-state index contributed by atoms with van der Waals surface area (Å²) in [5, 5.41) is 6.09. The van der Waals surface area contributed by atoms with Crippen molar-refractivity contribution in [3.8, 4) is 0 Å². The summed E-state index contributed by atoms with van der Waals surface area (Å²) in [5.74, 6) is 0.535. The van der Waals surface area contributed by atoms with E-state index in [1.54, 1.807) is 20.2 Å². The van der Waals surface area contributed by atoms with E-state index < -0.39 is 0 Å². The Balaban J connectivity index is 0.00000289. The monoisotopic (exact) mass is 365 g/mol. The van der Waals surface area contributed by atoms with Gasteiger partial charge in [0.15, 0.2) is 5.96 Å². The fraction of sp³-hybridized carbons (Fsp3) is 0.462. The second-order valence-electron chi connectivity index (χ2n) is 4.54. The Hall–Kier alpha value is -0.850. The van der Waals surface area contributed by atoms with Gasteiger partial charge < -0.3 is 10.6 Å². The molecule has 0 fully saturated rings. The Labute approximate surface area is 125 Å². The molecule has 0 amide bonds. The molecule has 0 radical (unpaired) electrons. The maximum absolute atomic E-state index is 13.7. The van der Waals surface area contributed by atoms with Gasteiger partial charge in [0.25, 0.3) is 0 Å². The van der Waals surface area contributed by atoms with Crippen LogP contribution < -0.4 is 10.6 Å². The zero-order chi connectivity index (χ0) is 12.9. The first-order chi connectivity index (χ1) is 8.01. The number of benzene rings is 1.